The van der Waals surface area contributed by atoms with Crippen LogP contribution in [-0.4, -0.2) is 11.6 Å². The molecule has 0 N–H and O–H groups in total. The number of Topliss-reactive ketones (excluding diaryl/α,β-unsaturated/α-hetero) is 2. The number of ketones is 2. The Kier molecular flexibility index (Phi) is 5.87. The van der Waals surface area contributed by atoms with Crippen LogP contribution in [0.2, 0.25) is 0 Å². The Hall–Kier alpha value is -1.34. The summed E-state index contributed by atoms with van der Waals surface area (Å²) >= 11 is 0. The summed E-state index contributed by atoms with van der Waals surface area (Å²) in [6.07, 6.45) is -0.0754. The molecule has 0 aromatic heterocycles. The van der Waals surface area contributed by atoms with Gasteiger partial charge in [-0.25, -0.2) is 0 Å². The van der Waals surface area contributed by atoms with Gasteiger partial charge in [0.05, 0.1) is 6.42 Å². The van der Waals surface area contributed by atoms with Gasteiger partial charge in [-0.2, -0.15) is 0 Å². The van der Waals surface area contributed by atoms with Gasteiger partial charge in [-0.3, -0.25) is 9.59 Å². The van der Waals surface area contributed by atoms with E-state index in [1.807, 2.05) is 12.1 Å². The molecule has 0 aliphatic heterocycles. The molecule has 2 nitrogen and oxygen atoms in total. The number of benzene rings is 2. The summed E-state index contributed by atoms with van der Waals surface area (Å²) in [5.74, 6) is -0.279. The molecular formula is C15H12O2Zr. The van der Waals surface area contributed by atoms with Crippen molar-refractivity contribution in [1.29, 1.82) is 0 Å². The molecule has 0 unspecified atom stereocenters. The number of carbonyl (C=O) groups is 2. The van der Waals surface area contributed by atoms with E-state index in [0.29, 0.717) is 11.1 Å². The Morgan fingerprint density at radius 2 is 1.00 bits per heavy atom. The van der Waals surface area contributed by atoms with Gasteiger partial charge in [-0.15, -0.1) is 0 Å². The van der Waals surface area contributed by atoms with Crippen LogP contribution in [0.4, 0.5) is 0 Å². The molecule has 2 rings (SSSR count). The topological polar surface area (TPSA) is 34.1 Å². The fourth-order valence-electron chi connectivity index (χ4n) is 1.60. The van der Waals surface area contributed by atoms with Crippen LogP contribution in [0, 0.1) is 0 Å². The van der Waals surface area contributed by atoms with Crippen molar-refractivity contribution >= 4 is 11.6 Å². The van der Waals surface area contributed by atoms with Crippen LogP contribution in [0.25, 0.3) is 0 Å². The first-order valence-corrected chi connectivity index (χ1v) is 5.44. The fraction of sp³-hybridized carbons (Fsp3) is 0.0667. The molecule has 0 saturated carbocycles. The summed E-state index contributed by atoms with van der Waals surface area (Å²) in [5.41, 5.74) is 1.16. The third kappa shape index (κ3) is 3.85. The summed E-state index contributed by atoms with van der Waals surface area (Å²) in [5, 5.41) is 0. The molecule has 0 aliphatic rings. The van der Waals surface area contributed by atoms with Gasteiger partial charge in [0.1, 0.15) is 0 Å². The molecule has 2 aromatic rings. The second-order valence-corrected chi connectivity index (χ2v) is 3.76. The molecule has 0 amide bonds. The van der Waals surface area contributed by atoms with Crippen molar-refractivity contribution in [1.82, 2.24) is 0 Å². The maximum Gasteiger partial charge on any atom is 0.170 e. The van der Waals surface area contributed by atoms with Crippen molar-refractivity contribution in [2.45, 2.75) is 6.42 Å². The summed E-state index contributed by atoms with van der Waals surface area (Å²) in [7, 11) is 0. The summed E-state index contributed by atoms with van der Waals surface area (Å²) in [6.45, 7) is 0. The fourth-order valence-corrected chi connectivity index (χ4v) is 1.60. The average molecular weight is 315 g/mol. The smallest absolute Gasteiger partial charge is 0.170 e. The predicted molar refractivity (Wildman–Crippen MR) is 66.2 cm³/mol. The number of rotatable bonds is 4. The zero-order chi connectivity index (χ0) is 12.1. The number of hydrogen-bond donors (Lipinski definition) is 0. The first kappa shape index (κ1) is 14.7. The number of hydrogen-bond acceptors (Lipinski definition) is 2. The predicted octanol–water partition coefficient (Wildman–Crippen LogP) is 3.14. The van der Waals surface area contributed by atoms with Crippen molar-refractivity contribution < 1.29 is 35.8 Å². The van der Waals surface area contributed by atoms with Crippen LogP contribution < -0.4 is 0 Å². The van der Waals surface area contributed by atoms with Gasteiger partial charge in [0, 0.05) is 37.3 Å². The van der Waals surface area contributed by atoms with Crippen LogP contribution in [0.15, 0.2) is 60.7 Å². The third-order valence-corrected chi connectivity index (χ3v) is 2.51. The summed E-state index contributed by atoms with van der Waals surface area (Å²) in [4.78, 5) is 23.6. The van der Waals surface area contributed by atoms with Crippen molar-refractivity contribution in [3.05, 3.63) is 71.8 Å². The molecule has 0 bridgehead atoms. The van der Waals surface area contributed by atoms with Gasteiger partial charge in [0.15, 0.2) is 11.6 Å². The quantitative estimate of drug-likeness (QED) is 0.641. The Morgan fingerprint density at radius 3 is 1.33 bits per heavy atom. The van der Waals surface area contributed by atoms with Crippen molar-refractivity contribution in [2.24, 2.45) is 0 Å². The molecule has 0 spiro atoms. The normalized spacial score (nSPS) is 9.33. The average Bonchev–Trinajstić information content (AvgIpc) is 2.40. The van der Waals surface area contributed by atoms with Crippen molar-refractivity contribution in [3.63, 3.8) is 0 Å². The Balaban J connectivity index is 0.00000162. The molecule has 0 radical (unpaired) electrons. The monoisotopic (exact) mass is 314 g/mol. The Morgan fingerprint density at radius 1 is 0.667 bits per heavy atom. The third-order valence-electron chi connectivity index (χ3n) is 2.51. The molecule has 2 aromatic carbocycles. The maximum absolute atomic E-state index is 11.8. The number of carbonyl (C=O) groups excluding carboxylic acids is 2. The molecular weight excluding hydrogens is 303 g/mol. The molecule has 0 fully saturated rings. The molecule has 3 heteroatoms. The van der Waals surface area contributed by atoms with E-state index < -0.39 is 0 Å². The zero-order valence-corrected chi connectivity index (χ0v) is 12.3. The van der Waals surface area contributed by atoms with E-state index in [9.17, 15) is 9.59 Å². The van der Waals surface area contributed by atoms with Gasteiger partial charge in [-0.05, 0) is 0 Å². The first-order valence-electron chi connectivity index (χ1n) is 5.44. The van der Waals surface area contributed by atoms with E-state index in [0.717, 1.165) is 0 Å². The van der Waals surface area contributed by atoms with E-state index >= 15 is 0 Å². The largest absolute Gasteiger partial charge is 0.294 e. The molecule has 18 heavy (non-hydrogen) atoms. The van der Waals surface area contributed by atoms with E-state index in [2.05, 4.69) is 0 Å². The Labute approximate surface area is 125 Å². The standard InChI is InChI=1S/C15H12O2.Zr/c16-14(12-7-3-1-4-8-12)11-15(17)13-9-5-2-6-10-13;/h1-10H,11H2;. The van der Waals surface area contributed by atoms with Crippen LogP contribution in [-0.2, 0) is 26.2 Å². The molecule has 0 atom stereocenters. The van der Waals surface area contributed by atoms with Crippen LogP contribution in [0.1, 0.15) is 27.1 Å². The van der Waals surface area contributed by atoms with Crippen LogP contribution in [0.3, 0.4) is 0 Å². The van der Waals surface area contributed by atoms with E-state index in [-0.39, 0.29) is 44.2 Å². The minimum atomic E-state index is -0.139. The van der Waals surface area contributed by atoms with Gasteiger partial charge < -0.3 is 0 Å². The van der Waals surface area contributed by atoms with Crippen LogP contribution in [0.5, 0.6) is 0 Å². The Bertz CT molecular complexity index is 471. The van der Waals surface area contributed by atoms with E-state index in [1.54, 1.807) is 48.5 Å². The molecule has 0 aliphatic carbocycles. The minimum Gasteiger partial charge on any atom is -0.294 e. The van der Waals surface area contributed by atoms with Crippen molar-refractivity contribution in [3.8, 4) is 0 Å². The van der Waals surface area contributed by atoms with Crippen molar-refractivity contribution in [2.75, 3.05) is 0 Å². The van der Waals surface area contributed by atoms with E-state index in [4.69, 9.17) is 0 Å². The van der Waals surface area contributed by atoms with Gasteiger partial charge >= 0.3 is 0 Å². The second kappa shape index (κ2) is 7.18. The molecule has 0 saturated heterocycles. The van der Waals surface area contributed by atoms with Crippen LogP contribution >= 0.6 is 0 Å². The minimum absolute atomic E-state index is 0. The van der Waals surface area contributed by atoms with Gasteiger partial charge in [0.25, 0.3) is 0 Å². The van der Waals surface area contributed by atoms with Gasteiger partial charge in [0.2, 0.25) is 0 Å². The van der Waals surface area contributed by atoms with E-state index in [1.165, 1.54) is 0 Å². The second-order valence-electron chi connectivity index (χ2n) is 3.76. The summed E-state index contributed by atoms with van der Waals surface area (Å²) in [6, 6.07) is 17.7. The first-order chi connectivity index (χ1) is 8.27. The molecule has 88 valence electrons. The SMILES string of the molecule is O=C(CC(=O)c1ccccc1)c1ccccc1.[Zr]. The maximum atomic E-state index is 11.8. The zero-order valence-electron chi connectivity index (χ0n) is 9.80. The molecule has 0 heterocycles. The van der Waals surface area contributed by atoms with Gasteiger partial charge in [-0.1, -0.05) is 60.7 Å². The summed E-state index contributed by atoms with van der Waals surface area (Å²) < 4.78 is 0.